The van der Waals surface area contributed by atoms with Crippen LogP contribution in [0.5, 0.6) is 0 Å². The van der Waals surface area contributed by atoms with Gasteiger partial charge in [-0.1, -0.05) is 11.6 Å². The summed E-state index contributed by atoms with van der Waals surface area (Å²) in [5.41, 5.74) is 1.13. The largest absolute Gasteiger partial charge is 0.462 e. The van der Waals surface area contributed by atoms with Crippen molar-refractivity contribution >= 4 is 34.9 Å². The van der Waals surface area contributed by atoms with Crippen molar-refractivity contribution in [3.63, 3.8) is 0 Å². The molecule has 0 aromatic heterocycles. The number of anilines is 2. The summed E-state index contributed by atoms with van der Waals surface area (Å²) < 4.78 is 4.36. The van der Waals surface area contributed by atoms with E-state index in [1.54, 1.807) is 18.2 Å². The van der Waals surface area contributed by atoms with Crippen LogP contribution in [-0.2, 0) is 14.3 Å². The highest BCUT2D eigenvalue weighted by molar-refractivity contribution is 6.38. The molecule has 20 heavy (non-hydrogen) atoms. The fourth-order valence-corrected chi connectivity index (χ4v) is 2.28. The lowest BCUT2D eigenvalue weighted by atomic mass is 10.2. The van der Waals surface area contributed by atoms with E-state index >= 15 is 0 Å². The molecule has 1 aliphatic rings. The van der Waals surface area contributed by atoms with Gasteiger partial charge in [0.25, 0.3) is 0 Å². The van der Waals surface area contributed by atoms with Crippen molar-refractivity contribution in [2.45, 2.75) is 12.5 Å². The number of carbonyl (C=O) groups excluding carboxylic acids is 2. The number of amides is 1. The SMILES string of the molecule is COC(=O)C(=O)Nc1cc(Cl)ccc1N1CCC(O)C1. The molecule has 0 saturated carbocycles. The zero-order valence-electron chi connectivity index (χ0n) is 10.9. The summed E-state index contributed by atoms with van der Waals surface area (Å²) in [5, 5.41) is 12.5. The molecule has 2 rings (SSSR count). The third kappa shape index (κ3) is 3.20. The minimum Gasteiger partial charge on any atom is -0.462 e. The Balaban J connectivity index is 2.24. The van der Waals surface area contributed by atoms with Crippen molar-refractivity contribution in [3.8, 4) is 0 Å². The van der Waals surface area contributed by atoms with E-state index < -0.39 is 18.0 Å². The number of esters is 1. The van der Waals surface area contributed by atoms with Crippen LogP contribution >= 0.6 is 11.6 Å². The van der Waals surface area contributed by atoms with Gasteiger partial charge in [0.15, 0.2) is 0 Å². The predicted molar refractivity (Wildman–Crippen MR) is 74.9 cm³/mol. The molecular formula is C13H15ClN2O4. The third-order valence-electron chi connectivity index (χ3n) is 3.08. The summed E-state index contributed by atoms with van der Waals surface area (Å²) in [6.07, 6.45) is 0.266. The Bertz CT molecular complexity index is 535. The first kappa shape index (κ1) is 14.6. The van der Waals surface area contributed by atoms with E-state index in [1.807, 2.05) is 4.90 Å². The van der Waals surface area contributed by atoms with Gasteiger partial charge < -0.3 is 20.1 Å². The molecule has 0 aliphatic carbocycles. The maximum absolute atomic E-state index is 11.6. The van der Waals surface area contributed by atoms with Crippen LogP contribution in [0, 0.1) is 0 Å². The first-order chi connectivity index (χ1) is 9.51. The molecule has 6 nitrogen and oxygen atoms in total. The number of β-amino-alcohol motifs (C(OH)–C–C–N with tert-alkyl or cyclic N) is 1. The number of aliphatic hydroxyl groups excluding tert-OH is 1. The zero-order chi connectivity index (χ0) is 14.7. The Morgan fingerprint density at radius 1 is 1.50 bits per heavy atom. The molecule has 1 aliphatic heterocycles. The second-order valence-electron chi connectivity index (χ2n) is 4.50. The molecule has 1 fully saturated rings. The Kier molecular flexibility index (Phi) is 4.46. The minimum absolute atomic E-state index is 0.394. The molecular weight excluding hydrogens is 284 g/mol. The molecule has 1 aromatic carbocycles. The number of carbonyl (C=O) groups is 2. The van der Waals surface area contributed by atoms with Crippen molar-refractivity contribution in [1.29, 1.82) is 0 Å². The summed E-state index contributed by atoms with van der Waals surface area (Å²) in [5.74, 6) is -1.84. The van der Waals surface area contributed by atoms with Gasteiger partial charge in [0.1, 0.15) is 0 Å². The highest BCUT2D eigenvalue weighted by Gasteiger charge is 2.24. The standard InChI is InChI=1S/C13H15ClN2O4/c1-20-13(19)12(18)15-10-6-8(14)2-3-11(10)16-5-4-9(17)7-16/h2-3,6,9,17H,4-5,7H2,1H3,(H,15,18). The molecule has 1 amide bonds. The van der Waals surface area contributed by atoms with Crippen LogP contribution < -0.4 is 10.2 Å². The number of hydrogen-bond acceptors (Lipinski definition) is 5. The van der Waals surface area contributed by atoms with Gasteiger partial charge >= 0.3 is 11.9 Å². The molecule has 2 N–H and O–H groups in total. The topological polar surface area (TPSA) is 78.9 Å². The summed E-state index contributed by atoms with van der Waals surface area (Å²) in [6, 6.07) is 4.99. The molecule has 1 heterocycles. The molecule has 0 bridgehead atoms. The second-order valence-corrected chi connectivity index (χ2v) is 4.93. The third-order valence-corrected chi connectivity index (χ3v) is 3.32. The first-order valence-corrected chi connectivity index (χ1v) is 6.51. The number of nitrogens with one attached hydrogen (secondary N) is 1. The summed E-state index contributed by atoms with van der Waals surface area (Å²) >= 11 is 5.91. The van der Waals surface area contributed by atoms with Crippen molar-refractivity contribution < 1.29 is 19.4 Å². The lowest BCUT2D eigenvalue weighted by Gasteiger charge is -2.21. The van der Waals surface area contributed by atoms with Crippen molar-refractivity contribution in [2.75, 3.05) is 30.4 Å². The van der Waals surface area contributed by atoms with Crippen molar-refractivity contribution in [2.24, 2.45) is 0 Å². The predicted octanol–water partition coefficient (Wildman–Crippen LogP) is 1.02. The van der Waals surface area contributed by atoms with Crippen LogP contribution in [-0.4, -0.2) is 43.3 Å². The Hall–Kier alpha value is -1.79. The normalized spacial score (nSPS) is 17.9. The summed E-state index contributed by atoms with van der Waals surface area (Å²) in [6.45, 7) is 1.15. The lowest BCUT2D eigenvalue weighted by Crippen LogP contribution is -2.27. The quantitative estimate of drug-likeness (QED) is 0.629. The first-order valence-electron chi connectivity index (χ1n) is 6.13. The summed E-state index contributed by atoms with van der Waals surface area (Å²) in [7, 11) is 1.14. The van der Waals surface area contributed by atoms with Gasteiger partial charge in [0.2, 0.25) is 0 Å². The highest BCUT2D eigenvalue weighted by Crippen LogP contribution is 2.31. The van der Waals surface area contributed by atoms with E-state index in [1.165, 1.54) is 0 Å². The van der Waals surface area contributed by atoms with Crippen LogP contribution in [0.3, 0.4) is 0 Å². The average Bonchev–Trinajstić information content (AvgIpc) is 2.84. The second kappa shape index (κ2) is 6.11. The van der Waals surface area contributed by atoms with Crippen LogP contribution in [0.4, 0.5) is 11.4 Å². The van der Waals surface area contributed by atoms with Crippen molar-refractivity contribution in [1.82, 2.24) is 0 Å². The number of ether oxygens (including phenoxy) is 1. The number of nitrogens with zero attached hydrogens (tertiary/aromatic N) is 1. The van der Waals surface area contributed by atoms with E-state index in [0.717, 1.165) is 7.11 Å². The molecule has 1 saturated heterocycles. The average molecular weight is 299 g/mol. The Morgan fingerprint density at radius 3 is 2.85 bits per heavy atom. The van der Waals surface area contributed by atoms with Crippen LogP contribution in [0.2, 0.25) is 5.02 Å². The number of hydrogen-bond donors (Lipinski definition) is 2. The number of aliphatic hydroxyl groups is 1. The number of methoxy groups -OCH3 is 1. The van der Waals surface area contributed by atoms with Gasteiger partial charge in [-0.15, -0.1) is 0 Å². The lowest BCUT2D eigenvalue weighted by molar-refractivity contribution is -0.150. The van der Waals surface area contributed by atoms with E-state index in [4.69, 9.17) is 11.6 Å². The maximum Gasteiger partial charge on any atom is 0.396 e. The molecule has 7 heteroatoms. The summed E-state index contributed by atoms with van der Waals surface area (Å²) in [4.78, 5) is 24.7. The number of rotatable bonds is 2. The van der Waals surface area contributed by atoms with Gasteiger partial charge in [-0.2, -0.15) is 0 Å². The van der Waals surface area contributed by atoms with Gasteiger partial charge in [-0.3, -0.25) is 4.79 Å². The van der Waals surface area contributed by atoms with Gasteiger partial charge in [-0.25, -0.2) is 4.79 Å². The van der Waals surface area contributed by atoms with E-state index in [9.17, 15) is 14.7 Å². The Labute approximate surface area is 121 Å². The fraction of sp³-hybridized carbons (Fsp3) is 0.385. The molecule has 1 atom stereocenters. The van der Waals surface area contributed by atoms with Gasteiger partial charge in [0, 0.05) is 18.1 Å². The van der Waals surface area contributed by atoms with Crippen LogP contribution in [0.25, 0.3) is 0 Å². The monoisotopic (exact) mass is 298 g/mol. The molecule has 0 spiro atoms. The molecule has 1 aromatic rings. The van der Waals surface area contributed by atoms with Crippen LogP contribution in [0.1, 0.15) is 6.42 Å². The van der Waals surface area contributed by atoms with E-state index in [-0.39, 0.29) is 0 Å². The molecule has 1 unspecified atom stereocenters. The van der Waals surface area contributed by atoms with Gasteiger partial charge in [0.05, 0.1) is 24.6 Å². The van der Waals surface area contributed by atoms with E-state index in [0.29, 0.717) is 35.9 Å². The fourth-order valence-electron chi connectivity index (χ4n) is 2.11. The molecule has 0 radical (unpaired) electrons. The van der Waals surface area contributed by atoms with Gasteiger partial charge in [-0.05, 0) is 24.6 Å². The van der Waals surface area contributed by atoms with Crippen LogP contribution in [0.15, 0.2) is 18.2 Å². The van der Waals surface area contributed by atoms with E-state index in [2.05, 4.69) is 10.1 Å². The zero-order valence-corrected chi connectivity index (χ0v) is 11.7. The smallest absolute Gasteiger partial charge is 0.396 e. The maximum atomic E-state index is 11.6. The van der Waals surface area contributed by atoms with Crippen molar-refractivity contribution in [3.05, 3.63) is 23.2 Å². The number of halogens is 1. The minimum atomic E-state index is -0.975. The Morgan fingerprint density at radius 2 is 2.25 bits per heavy atom. The highest BCUT2D eigenvalue weighted by atomic mass is 35.5. The molecule has 108 valence electrons. The number of benzene rings is 1.